The summed E-state index contributed by atoms with van der Waals surface area (Å²) >= 11 is 0. The van der Waals surface area contributed by atoms with Gasteiger partial charge in [0.1, 0.15) is 0 Å². The molecule has 9 rings (SSSR count). The largest absolute Gasteiger partial charge is 0.309 e. The van der Waals surface area contributed by atoms with Crippen molar-refractivity contribution in [1.82, 2.24) is 4.57 Å². The molecule has 9 aromatic rings. The third-order valence-electron chi connectivity index (χ3n) is 9.31. The molecule has 0 aliphatic heterocycles. The van der Waals surface area contributed by atoms with Crippen LogP contribution in [0.2, 0.25) is 0 Å². The number of para-hydroxylation sites is 1. The van der Waals surface area contributed by atoms with Gasteiger partial charge in [0.05, 0.1) is 16.5 Å². The molecular weight excluding hydrogens is 591 g/mol. The van der Waals surface area contributed by atoms with Crippen molar-refractivity contribution in [3.63, 3.8) is 0 Å². The molecule has 0 bridgehead atoms. The van der Waals surface area contributed by atoms with Crippen molar-refractivity contribution in [2.24, 2.45) is 0 Å². The topological polar surface area (TPSA) is 4.93 Å². The van der Waals surface area contributed by atoms with Gasteiger partial charge in [-0.1, -0.05) is 158 Å². The zero-order valence-electron chi connectivity index (χ0n) is 30.7. The lowest BCUT2D eigenvalue weighted by atomic mass is 9.93. The van der Waals surface area contributed by atoms with E-state index in [-0.39, 0.29) is 24.2 Å². The summed E-state index contributed by atoms with van der Waals surface area (Å²) in [6, 6.07) is 59.9. The molecule has 230 valence electrons. The molecule has 0 atom stereocenters. The minimum absolute atomic E-state index is 0.0441. The fraction of sp³-hybridized carbons (Fsp3) is 0. The predicted molar refractivity (Wildman–Crippen MR) is 208 cm³/mol. The van der Waals surface area contributed by atoms with E-state index in [4.69, 9.17) is 2.74 Å². The Balaban J connectivity index is 1.26. The fourth-order valence-electron chi connectivity index (χ4n) is 6.96. The molecule has 8 aromatic carbocycles. The summed E-state index contributed by atoms with van der Waals surface area (Å²) in [6.45, 7) is 0. The number of nitrogens with zero attached hydrogens (tertiary/aromatic N) is 1. The number of hydrogen-bond donors (Lipinski definition) is 0. The molecular formula is C48H33N. The number of benzene rings is 8. The zero-order chi connectivity index (χ0) is 36.1. The summed E-state index contributed by atoms with van der Waals surface area (Å²) < 4.78 is 37.8. The first-order valence-electron chi connectivity index (χ1n) is 18.5. The quantitative estimate of drug-likeness (QED) is 0.173. The molecule has 0 amide bonds. The van der Waals surface area contributed by atoms with Crippen molar-refractivity contribution in [3.8, 4) is 61.3 Å². The Bertz CT molecular complexity index is 2730. The lowest BCUT2D eigenvalue weighted by Crippen LogP contribution is -1.94. The highest BCUT2D eigenvalue weighted by molar-refractivity contribution is 6.15. The van der Waals surface area contributed by atoms with Crippen LogP contribution in [0.15, 0.2) is 200 Å². The van der Waals surface area contributed by atoms with E-state index in [1.165, 1.54) is 0 Å². The van der Waals surface area contributed by atoms with Crippen LogP contribution in [0.3, 0.4) is 0 Å². The average Bonchev–Trinajstić information content (AvgIpc) is 3.59. The minimum atomic E-state index is -0.250. The van der Waals surface area contributed by atoms with Gasteiger partial charge >= 0.3 is 0 Å². The lowest BCUT2D eigenvalue weighted by Gasteiger charge is -2.14. The van der Waals surface area contributed by atoms with Gasteiger partial charge in [-0.3, -0.25) is 0 Å². The van der Waals surface area contributed by atoms with Crippen LogP contribution < -0.4 is 0 Å². The van der Waals surface area contributed by atoms with Crippen LogP contribution in [0, 0.1) is 0 Å². The molecule has 0 fully saturated rings. The van der Waals surface area contributed by atoms with Gasteiger partial charge in [-0.15, -0.1) is 0 Å². The van der Waals surface area contributed by atoms with Gasteiger partial charge in [0.2, 0.25) is 0 Å². The van der Waals surface area contributed by atoms with Gasteiger partial charge in [-0.05, 0) is 98.1 Å². The molecule has 1 aromatic heterocycles. The number of aromatic nitrogens is 1. The average molecular weight is 628 g/mol. The van der Waals surface area contributed by atoms with Crippen molar-refractivity contribution in [2.75, 3.05) is 0 Å². The highest BCUT2D eigenvalue weighted by Crippen LogP contribution is 2.40. The van der Waals surface area contributed by atoms with E-state index in [9.17, 15) is 2.74 Å². The monoisotopic (exact) mass is 627 g/mol. The van der Waals surface area contributed by atoms with E-state index in [0.29, 0.717) is 10.9 Å². The van der Waals surface area contributed by atoms with Crippen LogP contribution in [0.5, 0.6) is 0 Å². The smallest absolute Gasteiger partial charge is 0.0645 e. The maximum Gasteiger partial charge on any atom is 0.0645 e. The van der Waals surface area contributed by atoms with Gasteiger partial charge in [-0.25, -0.2) is 0 Å². The van der Waals surface area contributed by atoms with Crippen LogP contribution in [-0.2, 0) is 0 Å². The molecule has 0 unspecified atom stereocenters. The van der Waals surface area contributed by atoms with Crippen LogP contribution in [0.4, 0.5) is 0 Å². The maximum atomic E-state index is 9.20. The van der Waals surface area contributed by atoms with E-state index in [1.54, 1.807) is 0 Å². The van der Waals surface area contributed by atoms with Crippen molar-refractivity contribution in [1.29, 1.82) is 0 Å². The third kappa shape index (κ3) is 5.32. The molecule has 1 heteroatoms. The predicted octanol–water partition coefficient (Wildman–Crippen LogP) is 13.1. The Morgan fingerprint density at radius 1 is 0.347 bits per heavy atom. The van der Waals surface area contributed by atoms with E-state index in [1.807, 2.05) is 65.2 Å². The normalized spacial score (nSPS) is 12.4. The van der Waals surface area contributed by atoms with Crippen LogP contribution in [0.1, 0.15) is 5.48 Å². The van der Waals surface area contributed by atoms with Gasteiger partial charge in [0, 0.05) is 16.5 Å². The fourth-order valence-corrected chi connectivity index (χ4v) is 6.96. The Labute approximate surface area is 292 Å². The first-order chi connectivity index (χ1) is 26.0. The lowest BCUT2D eigenvalue weighted by molar-refractivity contribution is 1.18. The second-order valence-electron chi connectivity index (χ2n) is 12.3. The Morgan fingerprint density at radius 2 is 0.837 bits per heavy atom. The van der Waals surface area contributed by atoms with Crippen molar-refractivity contribution < 1.29 is 5.48 Å². The SMILES string of the molecule is [2H]c1c([2H])c([2H])c2c(c1[2H])c1c(-c3ccc(-c4ccccc4)cc3)cccc1n2-c1cccc(-c2cc(-c3ccccc3)cc(-c3ccccc3)c2)c1. The molecule has 0 saturated carbocycles. The summed E-state index contributed by atoms with van der Waals surface area (Å²) in [4.78, 5) is 0. The zero-order valence-corrected chi connectivity index (χ0v) is 26.7. The van der Waals surface area contributed by atoms with Crippen molar-refractivity contribution in [3.05, 3.63) is 200 Å². The van der Waals surface area contributed by atoms with E-state index >= 15 is 0 Å². The first-order valence-corrected chi connectivity index (χ1v) is 16.5. The first kappa shape index (κ1) is 24.7. The number of hydrogen-bond acceptors (Lipinski definition) is 0. The van der Waals surface area contributed by atoms with Crippen LogP contribution in [-0.4, -0.2) is 4.57 Å². The third-order valence-corrected chi connectivity index (χ3v) is 9.31. The summed E-state index contributed by atoms with van der Waals surface area (Å²) in [6.07, 6.45) is 0. The van der Waals surface area contributed by atoms with Crippen molar-refractivity contribution in [2.45, 2.75) is 0 Å². The molecule has 0 aliphatic rings. The standard InChI is InChI=1S/C48H33N/c1-4-14-34(15-5-1)37-26-28-38(29-27-37)44-23-13-25-47-48(44)45-22-10-11-24-46(45)49(47)43-21-12-20-39(33-43)42-31-40(35-16-6-2-7-17-35)30-41(32-42)36-18-8-3-9-19-36/h1-33H/i10D,11D,22D,24D. The molecule has 0 N–H and O–H groups in total. The summed E-state index contributed by atoms with van der Waals surface area (Å²) in [5.41, 5.74) is 12.7. The number of fused-ring (bicyclic) bond motifs is 3. The maximum absolute atomic E-state index is 9.20. The van der Waals surface area contributed by atoms with Gasteiger partial charge in [0.25, 0.3) is 0 Å². The number of rotatable bonds is 6. The summed E-state index contributed by atoms with van der Waals surface area (Å²) in [5, 5.41) is 1.31. The molecule has 0 spiro atoms. The second kappa shape index (κ2) is 12.3. The van der Waals surface area contributed by atoms with E-state index in [2.05, 4.69) is 115 Å². The highest BCUT2D eigenvalue weighted by atomic mass is 15.0. The molecule has 0 radical (unpaired) electrons. The Kier molecular flexibility index (Phi) is 6.20. The van der Waals surface area contributed by atoms with Crippen molar-refractivity contribution >= 4 is 21.8 Å². The summed E-state index contributed by atoms with van der Waals surface area (Å²) in [5.74, 6) is 0. The molecule has 1 heterocycles. The van der Waals surface area contributed by atoms with Gasteiger partial charge < -0.3 is 4.57 Å². The minimum Gasteiger partial charge on any atom is -0.309 e. The Morgan fingerprint density at radius 3 is 1.47 bits per heavy atom. The van der Waals surface area contributed by atoms with Gasteiger partial charge in [-0.2, -0.15) is 0 Å². The van der Waals surface area contributed by atoms with Gasteiger partial charge in [0.15, 0.2) is 0 Å². The highest BCUT2D eigenvalue weighted by Gasteiger charge is 2.17. The summed E-state index contributed by atoms with van der Waals surface area (Å²) in [7, 11) is 0. The molecule has 0 aliphatic carbocycles. The Hall–Kier alpha value is -6.44. The molecule has 0 saturated heterocycles. The van der Waals surface area contributed by atoms with E-state index < -0.39 is 0 Å². The van der Waals surface area contributed by atoms with E-state index in [0.717, 1.165) is 72.2 Å². The molecule has 49 heavy (non-hydrogen) atoms. The molecule has 1 nitrogen and oxygen atoms in total. The van der Waals surface area contributed by atoms with Crippen LogP contribution >= 0.6 is 0 Å². The van der Waals surface area contributed by atoms with Crippen LogP contribution in [0.25, 0.3) is 83.1 Å². The second-order valence-corrected chi connectivity index (χ2v) is 12.3.